The zero-order valence-corrected chi connectivity index (χ0v) is 26.0. The lowest BCUT2D eigenvalue weighted by Crippen LogP contribution is -2.11. The lowest BCUT2D eigenvalue weighted by molar-refractivity contribution is 0.750. The fourth-order valence-electron chi connectivity index (χ4n) is 7.38. The number of fused-ring (bicyclic) bond motifs is 7. The van der Waals surface area contributed by atoms with Crippen LogP contribution in [0.5, 0.6) is 0 Å². The summed E-state index contributed by atoms with van der Waals surface area (Å²) in [4.78, 5) is 15.4. The first-order valence-corrected chi connectivity index (χ1v) is 16.4. The van der Waals surface area contributed by atoms with Gasteiger partial charge in [-0.05, 0) is 53.6 Å². The molecule has 3 aromatic heterocycles. The molecule has 10 rings (SSSR count). The first kappa shape index (κ1) is 26.8. The van der Waals surface area contributed by atoms with Crippen LogP contribution in [0.15, 0.2) is 158 Å². The zero-order chi connectivity index (χ0) is 31.6. The minimum Gasteiger partial charge on any atom is -0.309 e. The van der Waals surface area contributed by atoms with Crippen LogP contribution >= 0.6 is 0 Å². The van der Waals surface area contributed by atoms with Crippen molar-refractivity contribution in [1.29, 1.82) is 0 Å². The lowest BCUT2D eigenvalue weighted by atomic mass is 10.00. The van der Waals surface area contributed by atoms with E-state index in [0.717, 1.165) is 40.0 Å². The third-order valence-corrected chi connectivity index (χ3v) is 9.64. The van der Waals surface area contributed by atoms with Crippen LogP contribution in [-0.4, -0.2) is 24.1 Å². The first-order chi connectivity index (χ1) is 23.8. The van der Waals surface area contributed by atoms with Crippen molar-refractivity contribution in [2.45, 2.75) is 12.3 Å². The molecule has 5 heteroatoms. The fraction of sp³-hybridized carbons (Fsp3) is 0.0465. The SMILES string of the molecule is C1=CCC(c2nc(-c3ccccc3)nc(-n3c4ccccc4c4cc5c6ccccc6n(-c6ccc7ccccc7c6)c5cc43)n2)C=C1. The molecule has 9 aromatic rings. The Morgan fingerprint density at radius 2 is 1.19 bits per heavy atom. The Morgan fingerprint density at radius 1 is 0.500 bits per heavy atom. The van der Waals surface area contributed by atoms with Crippen LogP contribution in [0.4, 0.5) is 0 Å². The second kappa shape index (κ2) is 10.6. The van der Waals surface area contributed by atoms with Crippen LogP contribution in [0.2, 0.25) is 0 Å². The number of benzene rings is 6. The molecule has 3 heterocycles. The van der Waals surface area contributed by atoms with E-state index in [1.807, 2.05) is 18.2 Å². The number of allylic oxidation sites excluding steroid dienone is 4. The van der Waals surface area contributed by atoms with Gasteiger partial charge < -0.3 is 4.57 Å². The molecule has 1 aliphatic carbocycles. The monoisotopic (exact) mass is 615 g/mol. The van der Waals surface area contributed by atoms with Crippen LogP contribution in [0.1, 0.15) is 18.2 Å². The van der Waals surface area contributed by atoms with E-state index in [9.17, 15) is 0 Å². The summed E-state index contributed by atoms with van der Waals surface area (Å²) in [6, 6.07) is 47.5. The third-order valence-electron chi connectivity index (χ3n) is 9.64. The van der Waals surface area contributed by atoms with E-state index in [2.05, 4.69) is 149 Å². The van der Waals surface area contributed by atoms with Crippen molar-refractivity contribution in [2.75, 3.05) is 0 Å². The number of para-hydroxylation sites is 2. The standard InChI is InChI=1S/C43H29N5/c1-3-14-29(15-4-1)41-44-42(30-16-5-2-6-17-30)46-43(45-41)48-38-22-12-10-20-34(38)36-26-35-33-19-9-11-21-37(33)47(39(35)27-40(36)48)32-24-23-28-13-7-8-18-31(28)25-32/h1-16,18-27,30H,17H2. The molecule has 48 heavy (non-hydrogen) atoms. The van der Waals surface area contributed by atoms with E-state index in [1.165, 1.54) is 37.8 Å². The van der Waals surface area contributed by atoms with E-state index >= 15 is 0 Å². The summed E-state index contributed by atoms with van der Waals surface area (Å²) < 4.78 is 4.62. The van der Waals surface area contributed by atoms with Crippen molar-refractivity contribution in [3.63, 3.8) is 0 Å². The van der Waals surface area contributed by atoms with Crippen molar-refractivity contribution in [2.24, 2.45) is 0 Å². The van der Waals surface area contributed by atoms with Gasteiger partial charge in [-0.3, -0.25) is 4.57 Å². The van der Waals surface area contributed by atoms with Gasteiger partial charge in [-0.15, -0.1) is 0 Å². The summed E-state index contributed by atoms with van der Waals surface area (Å²) in [6.07, 6.45) is 9.39. The van der Waals surface area contributed by atoms with Gasteiger partial charge in [0.15, 0.2) is 5.82 Å². The van der Waals surface area contributed by atoms with E-state index in [-0.39, 0.29) is 5.92 Å². The summed E-state index contributed by atoms with van der Waals surface area (Å²) in [5.41, 5.74) is 6.55. The molecule has 1 unspecified atom stereocenters. The summed E-state index contributed by atoms with van der Waals surface area (Å²) in [5.74, 6) is 2.16. The number of hydrogen-bond acceptors (Lipinski definition) is 3. The highest BCUT2D eigenvalue weighted by molar-refractivity contribution is 6.19. The summed E-state index contributed by atoms with van der Waals surface area (Å²) >= 11 is 0. The predicted molar refractivity (Wildman–Crippen MR) is 197 cm³/mol. The maximum Gasteiger partial charge on any atom is 0.238 e. The minimum absolute atomic E-state index is 0.0782. The third kappa shape index (κ3) is 4.14. The summed E-state index contributed by atoms with van der Waals surface area (Å²) in [6.45, 7) is 0. The van der Waals surface area contributed by atoms with Gasteiger partial charge >= 0.3 is 0 Å². The highest BCUT2D eigenvalue weighted by Gasteiger charge is 2.22. The zero-order valence-electron chi connectivity index (χ0n) is 26.0. The van der Waals surface area contributed by atoms with Crippen molar-refractivity contribution < 1.29 is 0 Å². The fourth-order valence-corrected chi connectivity index (χ4v) is 7.38. The number of rotatable bonds is 4. The molecule has 0 fully saturated rings. The van der Waals surface area contributed by atoms with Gasteiger partial charge in [0.2, 0.25) is 5.95 Å². The van der Waals surface area contributed by atoms with Crippen molar-refractivity contribution in [3.05, 3.63) is 164 Å². The molecular formula is C43H29N5. The highest BCUT2D eigenvalue weighted by atomic mass is 15.2. The van der Waals surface area contributed by atoms with Crippen LogP contribution in [-0.2, 0) is 0 Å². The Labute approximate surface area is 276 Å². The largest absolute Gasteiger partial charge is 0.309 e. The predicted octanol–water partition coefficient (Wildman–Crippen LogP) is 10.5. The molecule has 0 amide bonds. The van der Waals surface area contributed by atoms with Gasteiger partial charge in [0.05, 0.1) is 22.1 Å². The molecule has 0 aliphatic heterocycles. The van der Waals surface area contributed by atoms with Crippen molar-refractivity contribution in [1.82, 2.24) is 24.1 Å². The van der Waals surface area contributed by atoms with E-state index in [0.29, 0.717) is 11.8 Å². The Hall–Kier alpha value is -6.33. The topological polar surface area (TPSA) is 48.5 Å². The van der Waals surface area contributed by atoms with Crippen LogP contribution in [0.25, 0.3) is 77.4 Å². The molecule has 6 aromatic carbocycles. The minimum atomic E-state index is 0.0782. The smallest absolute Gasteiger partial charge is 0.238 e. The quantitative estimate of drug-likeness (QED) is 0.198. The van der Waals surface area contributed by atoms with Crippen LogP contribution in [0, 0.1) is 0 Å². The molecule has 1 aliphatic rings. The lowest BCUT2D eigenvalue weighted by Gasteiger charge is -2.15. The molecule has 226 valence electrons. The Kier molecular flexibility index (Phi) is 5.93. The van der Waals surface area contributed by atoms with E-state index in [1.54, 1.807) is 0 Å². The molecule has 5 nitrogen and oxygen atoms in total. The average Bonchev–Trinajstić information content (AvgIpc) is 3.66. The van der Waals surface area contributed by atoms with Gasteiger partial charge in [0, 0.05) is 38.7 Å². The normalized spacial score (nSPS) is 14.6. The Bertz CT molecular complexity index is 2770. The van der Waals surface area contributed by atoms with E-state index < -0.39 is 0 Å². The van der Waals surface area contributed by atoms with E-state index in [4.69, 9.17) is 15.0 Å². The van der Waals surface area contributed by atoms with Crippen LogP contribution < -0.4 is 0 Å². The molecule has 0 radical (unpaired) electrons. The summed E-state index contributed by atoms with van der Waals surface area (Å²) in [5, 5.41) is 7.23. The highest BCUT2D eigenvalue weighted by Crippen LogP contribution is 2.40. The first-order valence-electron chi connectivity index (χ1n) is 16.4. The Morgan fingerprint density at radius 3 is 1.96 bits per heavy atom. The molecule has 1 atom stereocenters. The molecule has 0 bridgehead atoms. The average molecular weight is 616 g/mol. The summed E-state index contributed by atoms with van der Waals surface area (Å²) in [7, 11) is 0. The Balaban J connectivity index is 1.30. The maximum atomic E-state index is 5.21. The molecule has 0 N–H and O–H groups in total. The van der Waals surface area contributed by atoms with Crippen molar-refractivity contribution >= 4 is 54.4 Å². The van der Waals surface area contributed by atoms with Crippen molar-refractivity contribution in [3.8, 4) is 23.0 Å². The van der Waals surface area contributed by atoms with Gasteiger partial charge in [0.1, 0.15) is 5.82 Å². The molecule has 0 saturated carbocycles. The number of hydrogen-bond donors (Lipinski definition) is 0. The van der Waals surface area contributed by atoms with Gasteiger partial charge in [-0.2, -0.15) is 9.97 Å². The maximum absolute atomic E-state index is 5.21. The second-order valence-electron chi connectivity index (χ2n) is 12.5. The van der Waals surface area contributed by atoms with Gasteiger partial charge in [-0.25, -0.2) is 4.98 Å². The van der Waals surface area contributed by atoms with Gasteiger partial charge in [0.25, 0.3) is 0 Å². The molecular weight excluding hydrogens is 587 g/mol. The molecule has 0 saturated heterocycles. The number of aromatic nitrogens is 5. The molecule has 0 spiro atoms. The number of nitrogens with zero attached hydrogens (tertiary/aromatic N) is 5. The van der Waals surface area contributed by atoms with Crippen LogP contribution in [0.3, 0.4) is 0 Å². The second-order valence-corrected chi connectivity index (χ2v) is 12.5. The van der Waals surface area contributed by atoms with Gasteiger partial charge in [-0.1, -0.05) is 121 Å².